The van der Waals surface area contributed by atoms with Crippen LogP contribution in [0.25, 0.3) is 0 Å². The van der Waals surface area contributed by atoms with Gasteiger partial charge < -0.3 is 5.11 Å². The molecule has 1 saturated carbocycles. The second-order valence-electron chi connectivity index (χ2n) is 7.44. The first kappa shape index (κ1) is 13.1. The highest BCUT2D eigenvalue weighted by Gasteiger charge is 2.46. The summed E-state index contributed by atoms with van der Waals surface area (Å²) in [7, 11) is 0. The van der Waals surface area contributed by atoms with E-state index in [1.54, 1.807) is 0 Å². The molecule has 2 bridgehead atoms. The molecule has 3 unspecified atom stereocenters. The molecule has 3 aliphatic heterocycles. The molecule has 112 valence electrons. The summed E-state index contributed by atoms with van der Waals surface area (Å²) < 4.78 is 0. The van der Waals surface area contributed by atoms with E-state index in [0.29, 0.717) is 24.4 Å². The van der Waals surface area contributed by atoms with E-state index in [1.165, 1.54) is 45.2 Å². The van der Waals surface area contributed by atoms with Gasteiger partial charge in [-0.1, -0.05) is 0 Å². The number of nitrogens with zero attached hydrogens (tertiary/aromatic N) is 2. The van der Waals surface area contributed by atoms with Crippen LogP contribution in [0, 0.1) is 5.92 Å². The van der Waals surface area contributed by atoms with Gasteiger partial charge in [-0.15, -0.1) is 0 Å². The summed E-state index contributed by atoms with van der Waals surface area (Å²) >= 11 is 0. The summed E-state index contributed by atoms with van der Waals surface area (Å²) in [4.78, 5) is 16.5. The predicted octanol–water partition coefficient (Wildman–Crippen LogP) is 1.94. The molecule has 4 fully saturated rings. The molecule has 1 N–H and O–H groups in total. The zero-order valence-corrected chi connectivity index (χ0v) is 12.2. The van der Waals surface area contributed by atoms with E-state index in [1.807, 2.05) is 0 Å². The van der Waals surface area contributed by atoms with Crippen LogP contribution in [0.5, 0.6) is 0 Å². The van der Waals surface area contributed by atoms with Gasteiger partial charge in [0.15, 0.2) is 0 Å². The number of hydrogen-bond donors (Lipinski definition) is 1. The second-order valence-corrected chi connectivity index (χ2v) is 7.44. The molecule has 4 aliphatic rings. The number of likely N-dealkylation sites (tertiary alicyclic amines) is 1. The molecule has 0 aromatic carbocycles. The average Bonchev–Trinajstić information content (AvgIpc) is 3.07. The van der Waals surface area contributed by atoms with Crippen molar-refractivity contribution in [1.29, 1.82) is 0 Å². The molecular formula is C16H26N2O2. The fraction of sp³-hybridized carbons (Fsp3) is 0.938. The maximum atomic E-state index is 10.9. The summed E-state index contributed by atoms with van der Waals surface area (Å²) in [6.07, 6.45) is 9.43. The molecule has 4 heteroatoms. The SMILES string of the molecule is O=C(O)CC1CC2CCC(C1)N2C1CCN(C2CC2)C1. The lowest BCUT2D eigenvalue weighted by Crippen LogP contribution is -2.50. The summed E-state index contributed by atoms with van der Waals surface area (Å²) in [5.41, 5.74) is 0. The van der Waals surface area contributed by atoms with Crippen LogP contribution < -0.4 is 0 Å². The minimum Gasteiger partial charge on any atom is -0.481 e. The first-order valence-corrected chi connectivity index (χ1v) is 8.44. The number of fused-ring (bicyclic) bond motifs is 2. The Morgan fingerprint density at radius 1 is 0.950 bits per heavy atom. The fourth-order valence-corrected chi connectivity index (χ4v) is 5.12. The highest BCUT2D eigenvalue weighted by molar-refractivity contribution is 5.67. The number of aliphatic carboxylic acids is 1. The van der Waals surface area contributed by atoms with E-state index >= 15 is 0 Å². The van der Waals surface area contributed by atoms with Crippen LogP contribution in [0.1, 0.15) is 51.4 Å². The Labute approximate surface area is 121 Å². The third-order valence-electron chi connectivity index (χ3n) is 6.03. The van der Waals surface area contributed by atoms with Crippen molar-refractivity contribution in [2.24, 2.45) is 5.92 Å². The number of carbonyl (C=O) groups is 1. The predicted molar refractivity (Wildman–Crippen MR) is 76.6 cm³/mol. The van der Waals surface area contributed by atoms with Crippen molar-refractivity contribution in [2.75, 3.05) is 13.1 Å². The molecule has 4 rings (SSSR count). The number of piperidine rings is 1. The van der Waals surface area contributed by atoms with E-state index in [2.05, 4.69) is 9.80 Å². The largest absolute Gasteiger partial charge is 0.481 e. The topological polar surface area (TPSA) is 43.8 Å². The van der Waals surface area contributed by atoms with Gasteiger partial charge in [-0.3, -0.25) is 14.6 Å². The van der Waals surface area contributed by atoms with Crippen molar-refractivity contribution in [1.82, 2.24) is 9.80 Å². The Kier molecular flexibility index (Phi) is 3.26. The standard InChI is InChI=1S/C16H26N2O2/c19-16(20)9-11-7-13-3-4-14(8-11)18(13)15-5-6-17(10-15)12-1-2-12/h11-15H,1-10H2,(H,19,20). The van der Waals surface area contributed by atoms with E-state index in [0.717, 1.165) is 24.9 Å². The molecule has 0 spiro atoms. The second kappa shape index (κ2) is 4.99. The van der Waals surface area contributed by atoms with Gasteiger partial charge >= 0.3 is 5.97 Å². The van der Waals surface area contributed by atoms with Crippen LogP contribution in [0.3, 0.4) is 0 Å². The quantitative estimate of drug-likeness (QED) is 0.853. The molecular weight excluding hydrogens is 252 g/mol. The van der Waals surface area contributed by atoms with Crippen LogP contribution in [0.15, 0.2) is 0 Å². The highest BCUT2D eigenvalue weighted by atomic mass is 16.4. The van der Waals surface area contributed by atoms with Gasteiger partial charge in [-0.2, -0.15) is 0 Å². The van der Waals surface area contributed by atoms with E-state index < -0.39 is 5.97 Å². The first-order valence-electron chi connectivity index (χ1n) is 8.44. The van der Waals surface area contributed by atoms with Crippen LogP contribution in [-0.4, -0.2) is 58.1 Å². The first-order chi connectivity index (χ1) is 9.70. The molecule has 3 saturated heterocycles. The van der Waals surface area contributed by atoms with Gasteiger partial charge in [0.2, 0.25) is 0 Å². The lowest BCUT2D eigenvalue weighted by Gasteiger charge is -2.42. The Balaban J connectivity index is 1.39. The third kappa shape index (κ3) is 2.37. The molecule has 1 aliphatic carbocycles. The van der Waals surface area contributed by atoms with Gasteiger partial charge in [-0.25, -0.2) is 0 Å². The molecule has 3 atom stereocenters. The van der Waals surface area contributed by atoms with Crippen molar-refractivity contribution in [3.63, 3.8) is 0 Å². The van der Waals surface area contributed by atoms with Crippen molar-refractivity contribution in [3.05, 3.63) is 0 Å². The van der Waals surface area contributed by atoms with Crippen LogP contribution in [-0.2, 0) is 4.79 Å². The molecule has 0 aromatic heterocycles. The van der Waals surface area contributed by atoms with Gasteiger partial charge in [0.05, 0.1) is 0 Å². The molecule has 0 radical (unpaired) electrons. The monoisotopic (exact) mass is 278 g/mol. The van der Waals surface area contributed by atoms with E-state index in [-0.39, 0.29) is 0 Å². The third-order valence-corrected chi connectivity index (χ3v) is 6.03. The van der Waals surface area contributed by atoms with E-state index in [9.17, 15) is 4.79 Å². The summed E-state index contributed by atoms with van der Waals surface area (Å²) in [5, 5.41) is 9.02. The maximum Gasteiger partial charge on any atom is 0.303 e. The summed E-state index contributed by atoms with van der Waals surface area (Å²) in [5.74, 6) is -0.175. The Morgan fingerprint density at radius 2 is 1.60 bits per heavy atom. The minimum absolute atomic E-state index is 0.389. The smallest absolute Gasteiger partial charge is 0.303 e. The zero-order valence-electron chi connectivity index (χ0n) is 12.2. The lowest BCUT2D eigenvalue weighted by molar-refractivity contribution is -0.138. The summed E-state index contributed by atoms with van der Waals surface area (Å²) in [6.45, 7) is 2.57. The Morgan fingerprint density at radius 3 is 2.20 bits per heavy atom. The molecule has 20 heavy (non-hydrogen) atoms. The van der Waals surface area contributed by atoms with Crippen LogP contribution in [0.4, 0.5) is 0 Å². The van der Waals surface area contributed by atoms with Crippen LogP contribution in [0.2, 0.25) is 0 Å². The fourth-order valence-electron chi connectivity index (χ4n) is 5.12. The van der Waals surface area contributed by atoms with Gasteiger partial charge in [-0.05, 0) is 50.9 Å². The molecule has 3 heterocycles. The Bertz CT molecular complexity index is 382. The van der Waals surface area contributed by atoms with E-state index in [4.69, 9.17) is 5.11 Å². The molecule has 0 amide bonds. The highest BCUT2D eigenvalue weighted by Crippen LogP contribution is 2.43. The molecule has 4 nitrogen and oxygen atoms in total. The number of carboxylic acid groups (broad SMARTS) is 1. The van der Waals surface area contributed by atoms with Crippen molar-refractivity contribution in [2.45, 2.75) is 75.5 Å². The number of hydrogen-bond acceptors (Lipinski definition) is 3. The number of carboxylic acids is 1. The summed E-state index contributed by atoms with van der Waals surface area (Å²) in [6, 6.07) is 3.03. The van der Waals surface area contributed by atoms with Gasteiger partial charge in [0.1, 0.15) is 0 Å². The normalized spacial score (nSPS) is 42.2. The van der Waals surface area contributed by atoms with Crippen molar-refractivity contribution in [3.8, 4) is 0 Å². The lowest BCUT2D eigenvalue weighted by atomic mass is 9.87. The Hall–Kier alpha value is -0.610. The van der Waals surface area contributed by atoms with Gasteiger partial charge in [0, 0.05) is 43.7 Å². The average molecular weight is 278 g/mol. The van der Waals surface area contributed by atoms with Gasteiger partial charge in [0.25, 0.3) is 0 Å². The minimum atomic E-state index is -0.608. The maximum absolute atomic E-state index is 10.9. The van der Waals surface area contributed by atoms with Crippen LogP contribution >= 0.6 is 0 Å². The van der Waals surface area contributed by atoms with Crippen molar-refractivity contribution < 1.29 is 9.90 Å². The zero-order chi connectivity index (χ0) is 13.7. The van der Waals surface area contributed by atoms with Crippen molar-refractivity contribution >= 4 is 5.97 Å². The molecule has 0 aromatic rings. The number of rotatable bonds is 4.